The standard InChI is InChI=1S/C26H30N4O3/c1-18-22(26(31)29-20-9-5-4-6-10-20)16-27-25(28-18)23-11-7-8-14-30(23)17-19-12-13-21(32-2)15-24(19)33-3/h4-6,9-10,12-13,15-16,23H,7-8,11,14,17H2,1-3H3,(H,29,31). The van der Waals surface area contributed by atoms with Crippen LogP contribution in [0.25, 0.3) is 0 Å². The fraction of sp³-hybridized carbons (Fsp3) is 0.346. The number of methoxy groups -OCH3 is 2. The molecule has 0 aliphatic carbocycles. The van der Waals surface area contributed by atoms with Gasteiger partial charge in [-0.3, -0.25) is 9.69 Å². The second-order valence-electron chi connectivity index (χ2n) is 8.21. The summed E-state index contributed by atoms with van der Waals surface area (Å²) < 4.78 is 10.9. The second kappa shape index (κ2) is 10.4. The number of hydrogen-bond donors (Lipinski definition) is 1. The van der Waals surface area contributed by atoms with Crippen molar-refractivity contribution in [1.82, 2.24) is 14.9 Å². The van der Waals surface area contributed by atoms with Crippen LogP contribution in [0.4, 0.5) is 5.69 Å². The van der Waals surface area contributed by atoms with E-state index in [-0.39, 0.29) is 11.9 Å². The van der Waals surface area contributed by atoms with Crippen molar-refractivity contribution in [3.05, 3.63) is 77.4 Å². The Morgan fingerprint density at radius 2 is 1.94 bits per heavy atom. The molecule has 1 fully saturated rings. The van der Waals surface area contributed by atoms with Crippen LogP contribution < -0.4 is 14.8 Å². The first-order valence-electron chi connectivity index (χ1n) is 11.2. The number of amides is 1. The number of likely N-dealkylation sites (tertiary alicyclic amines) is 1. The first-order chi connectivity index (χ1) is 16.1. The van der Waals surface area contributed by atoms with Gasteiger partial charge in [-0.2, -0.15) is 0 Å². The summed E-state index contributed by atoms with van der Waals surface area (Å²) in [5, 5.41) is 2.91. The van der Waals surface area contributed by atoms with E-state index >= 15 is 0 Å². The molecule has 33 heavy (non-hydrogen) atoms. The zero-order chi connectivity index (χ0) is 23.2. The lowest BCUT2D eigenvalue weighted by Gasteiger charge is -2.35. The smallest absolute Gasteiger partial charge is 0.259 e. The van der Waals surface area contributed by atoms with Gasteiger partial charge in [-0.1, -0.05) is 30.7 Å². The molecule has 3 aromatic rings. The highest BCUT2D eigenvalue weighted by Crippen LogP contribution is 2.33. The third kappa shape index (κ3) is 5.31. The maximum atomic E-state index is 12.7. The molecule has 4 rings (SSSR count). The first kappa shape index (κ1) is 22.7. The van der Waals surface area contributed by atoms with Crippen LogP contribution in [0.15, 0.2) is 54.7 Å². The molecular weight excluding hydrogens is 416 g/mol. The van der Waals surface area contributed by atoms with Gasteiger partial charge in [-0.05, 0) is 44.5 Å². The van der Waals surface area contributed by atoms with Crippen LogP contribution in [0.1, 0.15) is 52.7 Å². The highest BCUT2D eigenvalue weighted by atomic mass is 16.5. The third-order valence-electron chi connectivity index (χ3n) is 6.05. The predicted octanol–water partition coefficient (Wildman–Crippen LogP) is 4.78. The van der Waals surface area contributed by atoms with Gasteiger partial charge in [0.25, 0.3) is 5.91 Å². The SMILES string of the molecule is COc1ccc(CN2CCCCC2c2ncc(C(=O)Nc3ccccc3)c(C)n2)c(OC)c1. The molecule has 1 N–H and O–H groups in total. The van der Waals surface area contributed by atoms with Crippen LogP contribution in [0, 0.1) is 6.92 Å². The maximum Gasteiger partial charge on any atom is 0.259 e. The van der Waals surface area contributed by atoms with E-state index in [4.69, 9.17) is 14.5 Å². The van der Waals surface area contributed by atoms with E-state index in [1.807, 2.05) is 55.5 Å². The van der Waals surface area contributed by atoms with E-state index in [0.717, 1.165) is 60.9 Å². The number of nitrogens with one attached hydrogen (secondary N) is 1. The van der Waals surface area contributed by atoms with Gasteiger partial charge in [0, 0.05) is 30.1 Å². The van der Waals surface area contributed by atoms with Gasteiger partial charge < -0.3 is 14.8 Å². The Labute approximate surface area is 194 Å². The Morgan fingerprint density at radius 1 is 1.12 bits per heavy atom. The minimum Gasteiger partial charge on any atom is -0.497 e. The van der Waals surface area contributed by atoms with Gasteiger partial charge in [0.15, 0.2) is 0 Å². The number of anilines is 1. The lowest BCUT2D eigenvalue weighted by Crippen LogP contribution is -2.34. The van der Waals surface area contributed by atoms with Crippen molar-refractivity contribution in [3.63, 3.8) is 0 Å². The van der Waals surface area contributed by atoms with Crippen LogP contribution in [-0.2, 0) is 6.54 Å². The van der Waals surface area contributed by atoms with Crippen LogP contribution in [0.3, 0.4) is 0 Å². The molecule has 0 saturated carbocycles. The number of benzene rings is 2. The minimum atomic E-state index is -0.200. The molecule has 7 nitrogen and oxygen atoms in total. The number of carbonyl (C=O) groups excluding carboxylic acids is 1. The molecular formula is C26H30N4O3. The molecule has 1 amide bonds. The molecule has 2 heterocycles. The quantitative estimate of drug-likeness (QED) is 0.563. The molecule has 1 saturated heterocycles. The predicted molar refractivity (Wildman–Crippen MR) is 128 cm³/mol. The molecule has 1 aliphatic rings. The van der Waals surface area contributed by atoms with Crippen molar-refractivity contribution in [2.45, 2.75) is 38.8 Å². The fourth-order valence-corrected chi connectivity index (χ4v) is 4.26. The average Bonchev–Trinajstić information content (AvgIpc) is 2.85. The lowest BCUT2D eigenvalue weighted by atomic mass is 9.99. The minimum absolute atomic E-state index is 0.0930. The summed E-state index contributed by atoms with van der Waals surface area (Å²) in [4.78, 5) is 24.5. The number of rotatable bonds is 7. The summed E-state index contributed by atoms with van der Waals surface area (Å²) in [5.41, 5.74) is 3.02. The maximum absolute atomic E-state index is 12.7. The lowest BCUT2D eigenvalue weighted by molar-refractivity contribution is 0.102. The van der Waals surface area contributed by atoms with Crippen LogP contribution in [-0.4, -0.2) is 41.5 Å². The molecule has 0 radical (unpaired) electrons. The zero-order valence-electron chi connectivity index (χ0n) is 19.4. The monoisotopic (exact) mass is 446 g/mol. The largest absolute Gasteiger partial charge is 0.497 e. The average molecular weight is 447 g/mol. The van der Waals surface area contributed by atoms with Crippen LogP contribution >= 0.6 is 0 Å². The number of aromatic nitrogens is 2. The van der Waals surface area contributed by atoms with E-state index in [9.17, 15) is 4.79 Å². The van der Waals surface area contributed by atoms with E-state index in [0.29, 0.717) is 11.3 Å². The summed E-state index contributed by atoms with van der Waals surface area (Å²) in [6.07, 6.45) is 4.88. The van der Waals surface area contributed by atoms with Crippen molar-refractivity contribution >= 4 is 11.6 Å². The summed E-state index contributed by atoms with van der Waals surface area (Å²) in [6, 6.07) is 15.4. The van der Waals surface area contributed by atoms with Crippen LogP contribution in [0.5, 0.6) is 11.5 Å². The Hall–Kier alpha value is -3.45. The van der Waals surface area contributed by atoms with Gasteiger partial charge in [-0.15, -0.1) is 0 Å². The molecule has 172 valence electrons. The number of ether oxygens (including phenoxy) is 2. The van der Waals surface area contributed by atoms with Gasteiger partial charge in [-0.25, -0.2) is 9.97 Å². The second-order valence-corrected chi connectivity index (χ2v) is 8.21. The number of nitrogens with zero attached hydrogens (tertiary/aromatic N) is 3. The van der Waals surface area contributed by atoms with Gasteiger partial charge >= 0.3 is 0 Å². The number of carbonyl (C=O) groups is 1. The van der Waals surface area contributed by atoms with Crippen LogP contribution in [0.2, 0.25) is 0 Å². The van der Waals surface area contributed by atoms with Crippen molar-refractivity contribution in [3.8, 4) is 11.5 Å². The highest BCUT2D eigenvalue weighted by molar-refractivity contribution is 6.04. The Morgan fingerprint density at radius 3 is 2.67 bits per heavy atom. The molecule has 2 aromatic carbocycles. The van der Waals surface area contributed by atoms with E-state index in [2.05, 4.69) is 15.2 Å². The number of para-hydroxylation sites is 1. The Balaban J connectivity index is 1.53. The molecule has 1 aliphatic heterocycles. The molecule has 1 atom stereocenters. The molecule has 1 aromatic heterocycles. The summed E-state index contributed by atoms with van der Waals surface area (Å²) in [7, 11) is 3.33. The fourth-order valence-electron chi connectivity index (χ4n) is 4.26. The molecule has 0 spiro atoms. The normalized spacial score (nSPS) is 16.3. The number of piperidine rings is 1. The zero-order valence-corrected chi connectivity index (χ0v) is 19.4. The van der Waals surface area contributed by atoms with E-state index in [1.54, 1.807) is 20.4 Å². The Kier molecular flexibility index (Phi) is 7.19. The van der Waals surface area contributed by atoms with Crippen molar-refractivity contribution < 1.29 is 14.3 Å². The number of hydrogen-bond acceptors (Lipinski definition) is 6. The van der Waals surface area contributed by atoms with E-state index in [1.165, 1.54) is 0 Å². The van der Waals surface area contributed by atoms with E-state index < -0.39 is 0 Å². The summed E-state index contributed by atoms with van der Waals surface area (Å²) in [5.74, 6) is 2.14. The molecule has 1 unspecified atom stereocenters. The summed E-state index contributed by atoms with van der Waals surface area (Å²) in [6.45, 7) is 3.56. The molecule has 7 heteroatoms. The number of aryl methyl sites for hydroxylation is 1. The van der Waals surface area contributed by atoms with Gasteiger partial charge in [0.1, 0.15) is 17.3 Å². The van der Waals surface area contributed by atoms with Crippen molar-refractivity contribution in [1.29, 1.82) is 0 Å². The highest BCUT2D eigenvalue weighted by Gasteiger charge is 2.28. The van der Waals surface area contributed by atoms with Crippen molar-refractivity contribution in [2.24, 2.45) is 0 Å². The van der Waals surface area contributed by atoms with Gasteiger partial charge in [0.2, 0.25) is 0 Å². The topological polar surface area (TPSA) is 76.6 Å². The van der Waals surface area contributed by atoms with Gasteiger partial charge in [0.05, 0.1) is 31.5 Å². The molecule has 0 bridgehead atoms. The Bertz CT molecular complexity index is 1100. The third-order valence-corrected chi connectivity index (χ3v) is 6.05. The first-order valence-corrected chi connectivity index (χ1v) is 11.2. The summed E-state index contributed by atoms with van der Waals surface area (Å²) >= 11 is 0. The van der Waals surface area contributed by atoms with Crippen molar-refractivity contribution in [2.75, 3.05) is 26.1 Å².